The van der Waals surface area contributed by atoms with Crippen LogP contribution in [0.25, 0.3) is 104 Å². The summed E-state index contributed by atoms with van der Waals surface area (Å²) >= 11 is 1.87. The molecule has 11 rings (SSSR count). The highest BCUT2D eigenvalue weighted by atomic mass is 32.1. The highest BCUT2D eigenvalue weighted by Gasteiger charge is 2.23. The molecule has 0 unspecified atom stereocenters. The number of pyridine rings is 1. The third-order valence-electron chi connectivity index (χ3n) is 10.6. The molecule has 0 fully saturated rings. The Morgan fingerprint density at radius 2 is 0.946 bits per heavy atom. The van der Waals surface area contributed by atoms with Crippen molar-refractivity contribution in [1.82, 2.24) is 19.5 Å². The Hall–Kier alpha value is -7.21. The van der Waals surface area contributed by atoms with Crippen LogP contribution in [0, 0.1) is 0 Å². The number of rotatable bonds is 6. The Morgan fingerprint density at radius 1 is 0.393 bits per heavy atom. The quantitative estimate of drug-likeness (QED) is 0.171. The van der Waals surface area contributed by atoms with Crippen LogP contribution in [0.5, 0.6) is 0 Å². The summed E-state index contributed by atoms with van der Waals surface area (Å²) in [6, 6.07) is 68.1. The van der Waals surface area contributed by atoms with Crippen molar-refractivity contribution in [2.75, 3.05) is 0 Å². The third kappa shape index (κ3) is 5.40. The smallest absolute Gasteiger partial charge is 0.160 e. The van der Waals surface area contributed by atoms with Gasteiger partial charge in [-0.05, 0) is 47.5 Å². The minimum absolute atomic E-state index is 0.711. The number of hydrogen-bond donors (Lipinski definition) is 0. The second-order valence-corrected chi connectivity index (χ2v) is 15.0. The normalized spacial score (nSPS) is 11.6. The number of thiophene rings is 1. The van der Waals surface area contributed by atoms with Gasteiger partial charge in [0, 0.05) is 48.8 Å². The van der Waals surface area contributed by atoms with E-state index in [1.807, 2.05) is 47.7 Å². The van der Waals surface area contributed by atoms with E-state index in [1.165, 1.54) is 31.2 Å². The van der Waals surface area contributed by atoms with Crippen molar-refractivity contribution in [2.24, 2.45) is 0 Å². The molecule has 0 aliphatic heterocycles. The van der Waals surface area contributed by atoms with Gasteiger partial charge in [-0.15, -0.1) is 11.3 Å². The minimum atomic E-state index is 0.711. The van der Waals surface area contributed by atoms with Gasteiger partial charge >= 0.3 is 0 Å². The van der Waals surface area contributed by atoms with Crippen LogP contribution in [0.3, 0.4) is 0 Å². The molecule has 0 radical (unpaired) electrons. The first kappa shape index (κ1) is 32.2. The lowest BCUT2D eigenvalue weighted by Gasteiger charge is -2.12. The van der Waals surface area contributed by atoms with Gasteiger partial charge in [0.2, 0.25) is 0 Å². The first-order valence-corrected chi connectivity index (χ1v) is 19.6. The second-order valence-electron chi connectivity index (χ2n) is 14.0. The summed E-state index contributed by atoms with van der Waals surface area (Å²) in [6.45, 7) is 0. The topological polar surface area (TPSA) is 43.6 Å². The molecule has 0 saturated carbocycles. The van der Waals surface area contributed by atoms with Gasteiger partial charge in [0.1, 0.15) is 0 Å². The summed E-state index contributed by atoms with van der Waals surface area (Å²) in [5.74, 6) is 0.711. The highest BCUT2D eigenvalue weighted by molar-refractivity contribution is 7.27. The van der Waals surface area contributed by atoms with Crippen molar-refractivity contribution in [3.63, 3.8) is 0 Å². The fourth-order valence-electron chi connectivity index (χ4n) is 7.93. The number of aromatic nitrogens is 4. The second kappa shape index (κ2) is 13.3. The van der Waals surface area contributed by atoms with Gasteiger partial charge < -0.3 is 4.57 Å². The zero-order valence-corrected chi connectivity index (χ0v) is 31.0. The molecule has 7 aromatic carbocycles. The Balaban J connectivity index is 1.08. The average molecular weight is 733 g/mol. The van der Waals surface area contributed by atoms with E-state index < -0.39 is 0 Å². The van der Waals surface area contributed by atoms with E-state index in [0.29, 0.717) is 5.82 Å². The largest absolute Gasteiger partial charge is 0.308 e. The maximum atomic E-state index is 5.44. The van der Waals surface area contributed by atoms with Crippen LogP contribution < -0.4 is 0 Å². The molecule has 0 amide bonds. The molecule has 0 bridgehead atoms. The Labute approximate surface area is 327 Å². The van der Waals surface area contributed by atoms with Crippen molar-refractivity contribution in [3.05, 3.63) is 194 Å². The third-order valence-corrected chi connectivity index (χ3v) is 11.9. The summed E-state index contributed by atoms with van der Waals surface area (Å²) in [5, 5.41) is 3.59. The van der Waals surface area contributed by atoms with E-state index >= 15 is 0 Å². The molecule has 0 N–H and O–H groups in total. The summed E-state index contributed by atoms with van der Waals surface area (Å²) in [5.41, 5.74) is 13.8. The van der Waals surface area contributed by atoms with Crippen molar-refractivity contribution >= 4 is 53.4 Å². The lowest BCUT2D eigenvalue weighted by atomic mass is 9.99. The molecule has 56 heavy (non-hydrogen) atoms. The highest BCUT2D eigenvalue weighted by Crippen LogP contribution is 2.48. The predicted octanol–water partition coefficient (Wildman–Crippen LogP) is 13.7. The van der Waals surface area contributed by atoms with Gasteiger partial charge in [0.05, 0.1) is 38.3 Å². The Bertz CT molecular complexity index is 3150. The summed E-state index contributed by atoms with van der Waals surface area (Å²) in [7, 11) is 0. The number of nitrogens with zero attached hydrogens (tertiary/aromatic N) is 4. The van der Waals surface area contributed by atoms with E-state index in [2.05, 4.69) is 162 Å². The fourth-order valence-corrected chi connectivity index (χ4v) is 9.28. The van der Waals surface area contributed by atoms with Gasteiger partial charge in [-0.2, -0.15) is 0 Å². The van der Waals surface area contributed by atoms with E-state index in [1.54, 1.807) is 0 Å². The number of fused-ring (bicyclic) bond motifs is 7. The van der Waals surface area contributed by atoms with Crippen LogP contribution in [0.2, 0.25) is 0 Å². The lowest BCUT2D eigenvalue weighted by Crippen LogP contribution is -1.96. The molecule has 4 aromatic heterocycles. The summed E-state index contributed by atoms with van der Waals surface area (Å²) in [6.07, 6.45) is 0. The number of benzene rings is 7. The minimum Gasteiger partial charge on any atom is -0.308 e. The molecule has 0 saturated heterocycles. The zero-order chi connectivity index (χ0) is 37.0. The monoisotopic (exact) mass is 732 g/mol. The van der Waals surface area contributed by atoms with Gasteiger partial charge in [0.15, 0.2) is 5.82 Å². The Morgan fingerprint density at radius 3 is 1.64 bits per heavy atom. The standard InChI is InChI=1S/C51H32N4S/c1-5-15-34(16-6-1)43-32-44(54-51(53-43)37-19-9-3-10-20-37)35-27-25-33(26-28-35)38-29-30-42-41(31-38)49-46(47(52-42)36-17-7-2-8-18-36)48-50(56-49)40-23-13-14-24-45(40)55(48)39-21-11-4-12-22-39/h1-32H. The van der Waals surface area contributed by atoms with Crippen LogP contribution in [0.15, 0.2) is 194 Å². The van der Waals surface area contributed by atoms with Gasteiger partial charge in [0.25, 0.3) is 0 Å². The molecule has 4 nitrogen and oxygen atoms in total. The van der Waals surface area contributed by atoms with E-state index in [0.717, 1.165) is 67.1 Å². The van der Waals surface area contributed by atoms with Crippen LogP contribution in [0.4, 0.5) is 0 Å². The SMILES string of the molecule is c1ccc(-c2cc(-c3ccc(-c4ccc5nc(-c6ccccc6)c6c(sc7c8ccccc8n(-c8ccccc8)c76)c5c4)cc3)nc(-c3ccccc3)n2)cc1. The molecule has 0 aliphatic carbocycles. The van der Waals surface area contributed by atoms with Crippen LogP contribution >= 0.6 is 11.3 Å². The first-order chi connectivity index (χ1) is 27.8. The van der Waals surface area contributed by atoms with Crippen LogP contribution in [0.1, 0.15) is 0 Å². The first-order valence-electron chi connectivity index (χ1n) is 18.8. The molecule has 0 aliphatic rings. The van der Waals surface area contributed by atoms with Gasteiger partial charge in [-0.1, -0.05) is 158 Å². The predicted molar refractivity (Wildman–Crippen MR) is 234 cm³/mol. The molecular formula is C51H32N4S. The maximum Gasteiger partial charge on any atom is 0.160 e. The molecule has 0 atom stereocenters. The molecular weight excluding hydrogens is 701 g/mol. The zero-order valence-electron chi connectivity index (χ0n) is 30.2. The molecule has 0 spiro atoms. The average Bonchev–Trinajstić information content (AvgIpc) is 3.83. The van der Waals surface area contributed by atoms with Gasteiger partial charge in [-0.25, -0.2) is 15.0 Å². The van der Waals surface area contributed by atoms with E-state index in [9.17, 15) is 0 Å². The van der Waals surface area contributed by atoms with Crippen LogP contribution in [-0.4, -0.2) is 19.5 Å². The maximum absolute atomic E-state index is 5.44. The number of hydrogen-bond acceptors (Lipinski definition) is 4. The summed E-state index contributed by atoms with van der Waals surface area (Å²) < 4.78 is 4.94. The fraction of sp³-hybridized carbons (Fsp3) is 0. The molecule has 4 heterocycles. The van der Waals surface area contributed by atoms with E-state index in [4.69, 9.17) is 15.0 Å². The summed E-state index contributed by atoms with van der Waals surface area (Å²) in [4.78, 5) is 15.5. The van der Waals surface area contributed by atoms with Crippen molar-refractivity contribution in [3.8, 4) is 62.0 Å². The Kier molecular flexibility index (Phi) is 7.64. The molecule has 11 aromatic rings. The van der Waals surface area contributed by atoms with E-state index in [-0.39, 0.29) is 0 Å². The van der Waals surface area contributed by atoms with Crippen molar-refractivity contribution in [2.45, 2.75) is 0 Å². The van der Waals surface area contributed by atoms with Crippen LogP contribution in [-0.2, 0) is 0 Å². The number of para-hydroxylation sites is 2. The molecule has 262 valence electrons. The molecule has 5 heteroatoms. The van der Waals surface area contributed by atoms with Crippen molar-refractivity contribution in [1.29, 1.82) is 0 Å². The van der Waals surface area contributed by atoms with Gasteiger partial charge in [-0.3, -0.25) is 0 Å². The lowest BCUT2D eigenvalue weighted by molar-refractivity contribution is 1.18. The van der Waals surface area contributed by atoms with Crippen molar-refractivity contribution < 1.29 is 0 Å².